The highest BCUT2D eigenvalue weighted by Gasteiger charge is 2.24. The molecule has 2 amide bonds. The summed E-state index contributed by atoms with van der Waals surface area (Å²) >= 11 is 0. The van der Waals surface area contributed by atoms with E-state index in [2.05, 4.69) is 10.1 Å². The van der Waals surface area contributed by atoms with Gasteiger partial charge in [0.05, 0.1) is 7.11 Å². The van der Waals surface area contributed by atoms with Crippen molar-refractivity contribution in [3.05, 3.63) is 0 Å². The molecule has 0 aliphatic carbocycles. The van der Waals surface area contributed by atoms with Crippen LogP contribution in [0.5, 0.6) is 0 Å². The van der Waals surface area contributed by atoms with Crippen LogP contribution in [-0.4, -0.2) is 43.1 Å². The van der Waals surface area contributed by atoms with Gasteiger partial charge in [-0.2, -0.15) is 0 Å². The molecular formula is C12H22N2O3. The van der Waals surface area contributed by atoms with Crippen LogP contribution < -0.4 is 5.32 Å². The quantitative estimate of drug-likeness (QED) is 0.813. The number of nitrogens with zero attached hydrogens (tertiary/aromatic N) is 1. The molecule has 1 fully saturated rings. The van der Waals surface area contributed by atoms with Crippen LogP contribution in [0.25, 0.3) is 0 Å². The number of carbonyl (C=O) groups excluding carboxylic acids is 2. The van der Waals surface area contributed by atoms with Crippen molar-refractivity contribution in [2.45, 2.75) is 39.2 Å². The lowest BCUT2D eigenvalue weighted by Crippen LogP contribution is -2.46. The lowest BCUT2D eigenvalue weighted by atomic mass is 10.0. The Morgan fingerprint density at radius 1 is 1.35 bits per heavy atom. The third-order valence-electron chi connectivity index (χ3n) is 2.89. The van der Waals surface area contributed by atoms with E-state index in [1.807, 2.05) is 13.8 Å². The van der Waals surface area contributed by atoms with Gasteiger partial charge in [0, 0.05) is 25.6 Å². The number of ether oxygens (including phenoxy) is 1. The van der Waals surface area contributed by atoms with Crippen molar-refractivity contribution >= 4 is 12.0 Å². The first-order valence-corrected chi connectivity index (χ1v) is 6.15. The van der Waals surface area contributed by atoms with Gasteiger partial charge in [0.25, 0.3) is 0 Å². The molecule has 1 rings (SSSR count). The van der Waals surface area contributed by atoms with Gasteiger partial charge in [0.15, 0.2) is 0 Å². The van der Waals surface area contributed by atoms with Gasteiger partial charge in [0.1, 0.15) is 0 Å². The van der Waals surface area contributed by atoms with Crippen LogP contribution in [0.3, 0.4) is 0 Å². The van der Waals surface area contributed by atoms with Crippen molar-refractivity contribution in [1.29, 1.82) is 0 Å². The first-order chi connectivity index (χ1) is 8.02. The summed E-state index contributed by atoms with van der Waals surface area (Å²) in [7, 11) is 1.39. The van der Waals surface area contributed by atoms with Crippen LogP contribution in [0.15, 0.2) is 0 Å². The van der Waals surface area contributed by atoms with Crippen molar-refractivity contribution in [2.75, 3.05) is 20.2 Å². The average Bonchev–Trinajstić information content (AvgIpc) is 2.28. The first kappa shape index (κ1) is 13.8. The maximum absolute atomic E-state index is 11.6. The second kappa shape index (κ2) is 6.47. The van der Waals surface area contributed by atoms with Gasteiger partial charge in [-0.05, 0) is 18.8 Å². The molecule has 1 aliphatic rings. The third-order valence-corrected chi connectivity index (χ3v) is 2.89. The molecule has 1 heterocycles. The number of likely N-dealkylation sites (tertiary alicyclic amines) is 1. The predicted octanol–water partition coefficient (Wildman–Crippen LogP) is 1.38. The zero-order chi connectivity index (χ0) is 12.8. The molecule has 0 radical (unpaired) electrons. The smallest absolute Gasteiger partial charge is 0.409 e. The second-order valence-corrected chi connectivity index (χ2v) is 4.90. The van der Waals surface area contributed by atoms with E-state index in [0.29, 0.717) is 25.4 Å². The van der Waals surface area contributed by atoms with Crippen molar-refractivity contribution in [3.8, 4) is 0 Å². The van der Waals surface area contributed by atoms with Gasteiger partial charge < -0.3 is 15.0 Å². The van der Waals surface area contributed by atoms with Crippen molar-refractivity contribution in [3.63, 3.8) is 0 Å². The summed E-state index contributed by atoms with van der Waals surface area (Å²) in [4.78, 5) is 24.5. The Kier molecular flexibility index (Phi) is 5.25. The van der Waals surface area contributed by atoms with E-state index < -0.39 is 0 Å². The van der Waals surface area contributed by atoms with Gasteiger partial charge in [-0.25, -0.2) is 4.79 Å². The predicted molar refractivity (Wildman–Crippen MR) is 64.6 cm³/mol. The molecule has 0 spiro atoms. The van der Waals surface area contributed by atoms with E-state index in [0.717, 1.165) is 12.8 Å². The number of rotatable bonds is 3. The summed E-state index contributed by atoms with van der Waals surface area (Å²) in [5.74, 6) is 0.488. The molecule has 1 aliphatic heterocycles. The van der Waals surface area contributed by atoms with E-state index >= 15 is 0 Å². The number of methoxy groups -OCH3 is 1. The van der Waals surface area contributed by atoms with Gasteiger partial charge in [0.2, 0.25) is 5.91 Å². The molecular weight excluding hydrogens is 220 g/mol. The summed E-state index contributed by atoms with van der Waals surface area (Å²) in [6.45, 7) is 5.36. The minimum Gasteiger partial charge on any atom is -0.453 e. The summed E-state index contributed by atoms with van der Waals surface area (Å²) in [6.07, 6.45) is 1.90. The van der Waals surface area contributed by atoms with Crippen LogP contribution in [0, 0.1) is 5.92 Å². The first-order valence-electron chi connectivity index (χ1n) is 6.15. The summed E-state index contributed by atoms with van der Waals surface area (Å²) < 4.78 is 4.66. The van der Waals surface area contributed by atoms with Gasteiger partial charge in [-0.1, -0.05) is 13.8 Å². The molecule has 0 atom stereocenters. The fourth-order valence-corrected chi connectivity index (χ4v) is 1.99. The Morgan fingerprint density at radius 2 is 1.94 bits per heavy atom. The van der Waals surface area contributed by atoms with Crippen molar-refractivity contribution in [2.24, 2.45) is 5.92 Å². The Labute approximate surface area is 102 Å². The number of amides is 2. The largest absolute Gasteiger partial charge is 0.453 e. The molecule has 0 aromatic heterocycles. The van der Waals surface area contributed by atoms with Gasteiger partial charge >= 0.3 is 6.09 Å². The number of nitrogens with one attached hydrogen (secondary N) is 1. The highest BCUT2D eigenvalue weighted by atomic mass is 16.5. The van der Waals surface area contributed by atoms with Crippen LogP contribution in [0.4, 0.5) is 4.79 Å². The molecule has 5 nitrogen and oxygen atoms in total. The molecule has 0 bridgehead atoms. The summed E-state index contributed by atoms with van der Waals surface area (Å²) in [6, 6.07) is 0.196. The molecule has 1 saturated heterocycles. The maximum Gasteiger partial charge on any atom is 0.409 e. The van der Waals surface area contributed by atoms with E-state index in [1.165, 1.54) is 7.11 Å². The topological polar surface area (TPSA) is 58.6 Å². The highest BCUT2D eigenvalue weighted by Crippen LogP contribution is 2.12. The van der Waals surface area contributed by atoms with Crippen LogP contribution in [-0.2, 0) is 9.53 Å². The van der Waals surface area contributed by atoms with E-state index in [-0.39, 0.29) is 18.0 Å². The molecule has 1 N–H and O–H groups in total. The SMILES string of the molecule is COC(=O)N1CCC(NC(=O)CC(C)C)CC1. The maximum atomic E-state index is 11.6. The molecule has 0 aromatic carbocycles. The minimum atomic E-state index is -0.281. The van der Waals surface area contributed by atoms with E-state index in [4.69, 9.17) is 0 Å². The van der Waals surface area contributed by atoms with E-state index in [1.54, 1.807) is 4.90 Å². The molecule has 0 saturated carbocycles. The lowest BCUT2D eigenvalue weighted by molar-refractivity contribution is -0.122. The monoisotopic (exact) mass is 242 g/mol. The minimum absolute atomic E-state index is 0.108. The standard InChI is InChI=1S/C12H22N2O3/c1-9(2)8-11(15)13-10-4-6-14(7-5-10)12(16)17-3/h9-10H,4-8H2,1-3H3,(H,13,15). The van der Waals surface area contributed by atoms with Gasteiger partial charge in [-0.15, -0.1) is 0 Å². The zero-order valence-corrected chi connectivity index (χ0v) is 10.9. The normalized spacial score (nSPS) is 17.1. The molecule has 17 heavy (non-hydrogen) atoms. The number of carbonyl (C=O) groups is 2. The Morgan fingerprint density at radius 3 is 2.41 bits per heavy atom. The zero-order valence-electron chi connectivity index (χ0n) is 10.9. The number of hydrogen-bond donors (Lipinski definition) is 1. The summed E-state index contributed by atoms with van der Waals surface area (Å²) in [5, 5.41) is 3.01. The fraction of sp³-hybridized carbons (Fsp3) is 0.833. The Balaban J connectivity index is 2.27. The van der Waals surface area contributed by atoms with Crippen LogP contribution in [0.1, 0.15) is 33.1 Å². The molecule has 98 valence electrons. The number of hydrogen-bond acceptors (Lipinski definition) is 3. The lowest BCUT2D eigenvalue weighted by Gasteiger charge is -2.31. The fourth-order valence-electron chi connectivity index (χ4n) is 1.99. The van der Waals surface area contributed by atoms with E-state index in [9.17, 15) is 9.59 Å². The van der Waals surface area contributed by atoms with Crippen LogP contribution >= 0.6 is 0 Å². The number of piperidine rings is 1. The Bertz CT molecular complexity index is 271. The molecule has 5 heteroatoms. The summed E-state index contributed by atoms with van der Waals surface area (Å²) in [5.41, 5.74) is 0. The third kappa shape index (κ3) is 4.63. The highest BCUT2D eigenvalue weighted by molar-refractivity contribution is 5.76. The van der Waals surface area contributed by atoms with Crippen molar-refractivity contribution < 1.29 is 14.3 Å². The second-order valence-electron chi connectivity index (χ2n) is 4.90. The van der Waals surface area contributed by atoms with Crippen molar-refractivity contribution in [1.82, 2.24) is 10.2 Å². The molecule has 0 aromatic rings. The van der Waals surface area contributed by atoms with Gasteiger partial charge in [-0.3, -0.25) is 4.79 Å². The Hall–Kier alpha value is -1.26. The molecule has 0 unspecified atom stereocenters. The van der Waals surface area contributed by atoms with Crippen LogP contribution in [0.2, 0.25) is 0 Å². The average molecular weight is 242 g/mol.